The molecule has 1 unspecified atom stereocenters. The normalized spacial score (nSPS) is 12.4. The molecular formula is C10H5F5O2. The van der Waals surface area contributed by atoms with Gasteiger partial charge in [-0.1, -0.05) is 0 Å². The van der Waals surface area contributed by atoms with Crippen molar-refractivity contribution >= 4 is 11.6 Å². The molecule has 0 amide bonds. The van der Waals surface area contributed by atoms with Gasteiger partial charge in [-0.25, -0.2) is 22.0 Å². The Morgan fingerprint density at radius 2 is 1.59 bits per heavy atom. The first-order chi connectivity index (χ1) is 7.77. The minimum atomic E-state index is -2.74. The number of hydrogen-bond donors (Lipinski definition) is 0. The second kappa shape index (κ2) is 4.60. The number of ketones is 2. The number of benzene rings is 1. The highest BCUT2D eigenvalue weighted by Crippen LogP contribution is 2.20. The fraction of sp³-hybridized carbons (Fsp3) is 0.200. The van der Waals surface area contributed by atoms with E-state index in [1.54, 1.807) is 0 Å². The third-order valence-corrected chi connectivity index (χ3v) is 1.96. The van der Waals surface area contributed by atoms with Crippen LogP contribution in [0.15, 0.2) is 6.07 Å². The van der Waals surface area contributed by atoms with Crippen molar-refractivity contribution in [1.29, 1.82) is 0 Å². The van der Waals surface area contributed by atoms with E-state index in [0.717, 1.165) is 0 Å². The number of halogens is 5. The van der Waals surface area contributed by atoms with E-state index in [0.29, 0.717) is 6.92 Å². The van der Waals surface area contributed by atoms with E-state index in [9.17, 15) is 31.5 Å². The lowest BCUT2D eigenvalue weighted by Gasteiger charge is -2.06. The van der Waals surface area contributed by atoms with Gasteiger partial charge in [-0.3, -0.25) is 9.59 Å². The van der Waals surface area contributed by atoms with Crippen molar-refractivity contribution in [2.75, 3.05) is 0 Å². The molecule has 1 rings (SSSR count). The van der Waals surface area contributed by atoms with Crippen molar-refractivity contribution in [3.8, 4) is 0 Å². The van der Waals surface area contributed by atoms with Gasteiger partial charge >= 0.3 is 0 Å². The van der Waals surface area contributed by atoms with Gasteiger partial charge < -0.3 is 0 Å². The average Bonchev–Trinajstić information content (AvgIpc) is 2.29. The lowest BCUT2D eigenvalue weighted by atomic mass is 10.0. The number of carbonyl (C=O) groups is 2. The van der Waals surface area contributed by atoms with Crippen LogP contribution >= 0.6 is 0 Å². The molecule has 17 heavy (non-hydrogen) atoms. The average molecular weight is 252 g/mol. The Morgan fingerprint density at radius 3 is 2.06 bits per heavy atom. The Balaban J connectivity index is 3.34. The minimum absolute atomic E-state index is 0.00556. The van der Waals surface area contributed by atoms with E-state index in [1.165, 1.54) is 0 Å². The molecule has 92 valence electrons. The van der Waals surface area contributed by atoms with Gasteiger partial charge in [0.2, 0.25) is 12.0 Å². The molecule has 0 spiro atoms. The molecule has 0 saturated carbocycles. The Hall–Kier alpha value is -1.79. The zero-order chi connectivity index (χ0) is 13.3. The number of alkyl halides is 1. The van der Waals surface area contributed by atoms with Crippen molar-refractivity contribution in [3.05, 3.63) is 34.9 Å². The largest absolute Gasteiger partial charge is 0.296 e. The number of Topliss-reactive ketones (excluding diaryl/α,β-unsaturated/α-hetero) is 2. The molecule has 0 radical (unpaired) electrons. The molecule has 1 atom stereocenters. The topological polar surface area (TPSA) is 34.1 Å². The summed E-state index contributed by atoms with van der Waals surface area (Å²) in [5.41, 5.74) is -1.34. The van der Waals surface area contributed by atoms with Crippen LogP contribution in [-0.2, 0) is 4.79 Å². The van der Waals surface area contributed by atoms with Crippen LogP contribution in [0.2, 0.25) is 0 Å². The second-order valence-corrected chi connectivity index (χ2v) is 3.19. The molecule has 7 heteroatoms. The third-order valence-electron chi connectivity index (χ3n) is 1.96. The molecule has 1 aromatic rings. The van der Waals surface area contributed by atoms with E-state index < -0.39 is 46.6 Å². The first-order valence-corrected chi connectivity index (χ1v) is 4.29. The Morgan fingerprint density at radius 1 is 1.06 bits per heavy atom. The maximum Gasteiger partial charge on any atom is 0.220 e. The smallest absolute Gasteiger partial charge is 0.220 e. The first kappa shape index (κ1) is 13.3. The predicted octanol–water partition coefficient (Wildman–Crippen LogP) is 2.35. The van der Waals surface area contributed by atoms with Crippen molar-refractivity contribution in [1.82, 2.24) is 0 Å². The van der Waals surface area contributed by atoms with Gasteiger partial charge in [0.1, 0.15) is 0 Å². The molecule has 0 N–H and O–H groups in total. The molecule has 0 aliphatic heterocycles. The van der Waals surface area contributed by atoms with E-state index in [1.807, 2.05) is 0 Å². The van der Waals surface area contributed by atoms with Crippen LogP contribution in [0.25, 0.3) is 0 Å². The molecule has 0 saturated heterocycles. The van der Waals surface area contributed by atoms with Crippen LogP contribution in [0.3, 0.4) is 0 Å². The standard InChI is InChI=1S/C10H5F5O2/c1-3(16)6(12)10(17)4-2-5(11)8(14)9(15)7(4)13/h2,6H,1H3. The molecule has 0 bridgehead atoms. The van der Waals surface area contributed by atoms with Crippen molar-refractivity contribution in [2.24, 2.45) is 0 Å². The highest BCUT2D eigenvalue weighted by molar-refractivity contribution is 6.12. The van der Waals surface area contributed by atoms with Crippen molar-refractivity contribution < 1.29 is 31.5 Å². The van der Waals surface area contributed by atoms with Gasteiger partial charge in [0, 0.05) is 0 Å². The van der Waals surface area contributed by atoms with Crippen LogP contribution < -0.4 is 0 Å². The van der Waals surface area contributed by atoms with Gasteiger partial charge in [0.25, 0.3) is 0 Å². The van der Waals surface area contributed by atoms with E-state index in [-0.39, 0.29) is 6.07 Å². The van der Waals surface area contributed by atoms with Crippen LogP contribution in [-0.4, -0.2) is 17.7 Å². The van der Waals surface area contributed by atoms with E-state index >= 15 is 0 Å². The third kappa shape index (κ3) is 2.32. The number of rotatable bonds is 3. The highest BCUT2D eigenvalue weighted by atomic mass is 19.2. The van der Waals surface area contributed by atoms with E-state index in [2.05, 4.69) is 0 Å². The van der Waals surface area contributed by atoms with Crippen LogP contribution in [0.4, 0.5) is 22.0 Å². The van der Waals surface area contributed by atoms with Gasteiger partial charge in [-0.2, -0.15) is 0 Å². The summed E-state index contributed by atoms with van der Waals surface area (Å²) < 4.78 is 63.9. The van der Waals surface area contributed by atoms with Crippen molar-refractivity contribution in [2.45, 2.75) is 13.1 Å². The molecular weight excluding hydrogens is 247 g/mol. The zero-order valence-electron chi connectivity index (χ0n) is 8.36. The summed E-state index contributed by atoms with van der Waals surface area (Å²) >= 11 is 0. The maximum absolute atomic E-state index is 13.0. The molecule has 2 nitrogen and oxygen atoms in total. The summed E-state index contributed by atoms with van der Waals surface area (Å²) in [7, 11) is 0. The Labute approximate surface area is 92.0 Å². The van der Waals surface area contributed by atoms with Gasteiger partial charge in [-0.05, 0) is 13.0 Å². The van der Waals surface area contributed by atoms with Gasteiger partial charge in [-0.15, -0.1) is 0 Å². The predicted molar refractivity (Wildman–Crippen MR) is 46.2 cm³/mol. The van der Waals surface area contributed by atoms with Gasteiger partial charge in [0.15, 0.2) is 29.1 Å². The number of hydrogen-bond acceptors (Lipinski definition) is 2. The Bertz CT molecular complexity index is 498. The quantitative estimate of drug-likeness (QED) is 0.272. The van der Waals surface area contributed by atoms with E-state index in [4.69, 9.17) is 0 Å². The highest BCUT2D eigenvalue weighted by Gasteiger charge is 2.30. The monoisotopic (exact) mass is 252 g/mol. The summed E-state index contributed by atoms with van der Waals surface area (Å²) in [4.78, 5) is 21.7. The molecule has 0 fully saturated rings. The van der Waals surface area contributed by atoms with Crippen LogP contribution in [0.5, 0.6) is 0 Å². The lowest BCUT2D eigenvalue weighted by Crippen LogP contribution is -2.25. The summed E-state index contributed by atoms with van der Waals surface area (Å²) in [6.45, 7) is 0.705. The molecule has 0 aliphatic rings. The van der Waals surface area contributed by atoms with Gasteiger partial charge in [0.05, 0.1) is 5.56 Å². The maximum atomic E-state index is 13.0. The zero-order valence-corrected chi connectivity index (χ0v) is 8.36. The summed E-state index contributed by atoms with van der Waals surface area (Å²) in [6, 6.07) is 0.00556. The van der Waals surface area contributed by atoms with Crippen LogP contribution in [0.1, 0.15) is 17.3 Å². The van der Waals surface area contributed by atoms with Crippen molar-refractivity contribution in [3.63, 3.8) is 0 Å². The fourth-order valence-electron chi connectivity index (χ4n) is 1.07. The fourth-order valence-corrected chi connectivity index (χ4v) is 1.07. The van der Waals surface area contributed by atoms with Crippen LogP contribution in [0, 0.1) is 23.3 Å². The summed E-state index contributed by atoms with van der Waals surface area (Å²) in [5, 5.41) is 0. The molecule has 0 aliphatic carbocycles. The summed E-state index contributed by atoms with van der Waals surface area (Å²) in [6.07, 6.45) is -2.74. The molecule has 0 aromatic heterocycles. The Kier molecular flexibility index (Phi) is 3.59. The number of carbonyl (C=O) groups excluding carboxylic acids is 2. The first-order valence-electron chi connectivity index (χ1n) is 4.29. The molecule has 0 heterocycles. The lowest BCUT2D eigenvalue weighted by molar-refractivity contribution is -0.120. The second-order valence-electron chi connectivity index (χ2n) is 3.19. The minimum Gasteiger partial charge on any atom is -0.296 e. The molecule has 1 aromatic carbocycles. The SMILES string of the molecule is CC(=O)C(F)C(=O)c1cc(F)c(F)c(F)c1F. The summed E-state index contributed by atoms with van der Waals surface area (Å²) in [5.74, 6) is -11.2.